The van der Waals surface area contributed by atoms with Gasteiger partial charge >= 0.3 is 12.5 Å². The summed E-state index contributed by atoms with van der Waals surface area (Å²) in [6, 6.07) is 6.49. The van der Waals surface area contributed by atoms with E-state index in [-0.39, 0.29) is 24.2 Å². The van der Waals surface area contributed by atoms with Crippen LogP contribution in [0, 0.1) is 5.92 Å². The Bertz CT molecular complexity index is 543. The monoisotopic (exact) mass is 410 g/mol. The molecule has 1 aliphatic heterocycles. The quantitative estimate of drug-likeness (QED) is 0.677. The maximum absolute atomic E-state index is 13.1. The molecule has 1 heterocycles. The van der Waals surface area contributed by atoms with Gasteiger partial charge in [-0.2, -0.15) is 17.6 Å². The highest BCUT2D eigenvalue weighted by Gasteiger charge is 2.44. The van der Waals surface area contributed by atoms with Crippen molar-refractivity contribution in [3.63, 3.8) is 0 Å². The second-order valence-electron chi connectivity index (χ2n) is 7.16. The number of hydrogen-bond donors (Lipinski definition) is 1. The van der Waals surface area contributed by atoms with Crippen molar-refractivity contribution >= 4 is 12.4 Å². The van der Waals surface area contributed by atoms with E-state index in [2.05, 4.69) is 15.0 Å². The average molecular weight is 411 g/mol. The standard InChI is InChI=1S/C19H26F4N2O.ClH/c20-18(21)19(22,23)26-16-8-6-15(7-9-16)17(14-4-2-1-3-5-14)25-12-10-24-11-13-25;/h6-9,14,17-18,24H,1-5,10-13H2;1H/t17-;/m0./s1. The Balaban J connectivity index is 0.00000261. The van der Waals surface area contributed by atoms with Crippen molar-refractivity contribution in [2.45, 2.75) is 50.7 Å². The topological polar surface area (TPSA) is 24.5 Å². The predicted molar refractivity (Wildman–Crippen MR) is 99.0 cm³/mol. The van der Waals surface area contributed by atoms with Crippen molar-refractivity contribution in [3.05, 3.63) is 29.8 Å². The van der Waals surface area contributed by atoms with Gasteiger partial charge < -0.3 is 10.1 Å². The number of alkyl halides is 4. The molecule has 3 rings (SSSR count). The number of nitrogens with zero attached hydrogens (tertiary/aromatic N) is 1. The Kier molecular flexibility index (Phi) is 8.19. The molecule has 0 amide bonds. The van der Waals surface area contributed by atoms with Crippen LogP contribution in [0.25, 0.3) is 0 Å². The minimum atomic E-state index is -4.47. The lowest BCUT2D eigenvalue weighted by Gasteiger charge is -2.41. The van der Waals surface area contributed by atoms with Gasteiger partial charge in [-0.1, -0.05) is 31.4 Å². The van der Waals surface area contributed by atoms with E-state index in [9.17, 15) is 17.6 Å². The fourth-order valence-electron chi connectivity index (χ4n) is 4.13. The predicted octanol–water partition coefficient (Wildman–Crippen LogP) is 4.87. The normalized spacial score (nSPS) is 20.9. The molecule has 2 aliphatic rings. The number of rotatable bonds is 6. The summed E-state index contributed by atoms with van der Waals surface area (Å²) in [4.78, 5) is 2.45. The zero-order chi connectivity index (χ0) is 18.6. The van der Waals surface area contributed by atoms with Gasteiger partial charge in [0, 0.05) is 32.2 Å². The van der Waals surface area contributed by atoms with E-state index >= 15 is 0 Å². The Hall–Kier alpha value is -1.05. The van der Waals surface area contributed by atoms with Gasteiger partial charge in [-0.3, -0.25) is 4.90 Å². The molecule has 1 aromatic carbocycles. The first-order valence-electron chi connectivity index (χ1n) is 9.37. The van der Waals surface area contributed by atoms with E-state index in [1.807, 2.05) is 0 Å². The first-order valence-corrected chi connectivity index (χ1v) is 9.37. The smallest absolute Gasteiger partial charge is 0.428 e. The van der Waals surface area contributed by atoms with E-state index in [1.54, 1.807) is 12.1 Å². The Morgan fingerprint density at radius 1 is 1.00 bits per heavy atom. The second-order valence-corrected chi connectivity index (χ2v) is 7.16. The first kappa shape index (κ1) is 22.2. The Morgan fingerprint density at radius 2 is 1.59 bits per heavy atom. The maximum Gasteiger partial charge on any atom is 0.461 e. The molecule has 3 nitrogen and oxygen atoms in total. The molecular weight excluding hydrogens is 384 g/mol. The summed E-state index contributed by atoms with van der Waals surface area (Å²) in [6.07, 6.45) is -2.29. The van der Waals surface area contributed by atoms with Crippen LogP contribution < -0.4 is 10.1 Å². The van der Waals surface area contributed by atoms with Crippen LogP contribution in [0.4, 0.5) is 17.6 Å². The number of piperazine rings is 1. The van der Waals surface area contributed by atoms with Gasteiger partial charge in [0.2, 0.25) is 0 Å². The molecule has 0 aromatic heterocycles. The van der Waals surface area contributed by atoms with Crippen LogP contribution in [0.2, 0.25) is 0 Å². The van der Waals surface area contributed by atoms with Gasteiger partial charge in [-0.25, -0.2) is 0 Å². The molecular formula is C19H27ClF4N2O. The molecule has 1 saturated carbocycles. The van der Waals surface area contributed by atoms with Crippen molar-refractivity contribution in [3.8, 4) is 5.75 Å². The fraction of sp³-hybridized carbons (Fsp3) is 0.684. The van der Waals surface area contributed by atoms with Crippen LogP contribution >= 0.6 is 12.4 Å². The third-order valence-electron chi connectivity index (χ3n) is 5.37. The molecule has 154 valence electrons. The lowest BCUT2D eigenvalue weighted by atomic mass is 9.80. The maximum atomic E-state index is 13.1. The van der Waals surface area contributed by atoms with Crippen molar-refractivity contribution in [2.24, 2.45) is 5.92 Å². The van der Waals surface area contributed by atoms with Gasteiger partial charge in [0.15, 0.2) is 0 Å². The molecule has 1 saturated heterocycles. The number of ether oxygens (including phenoxy) is 1. The second kappa shape index (κ2) is 9.94. The summed E-state index contributed by atoms with van der Waals surface area (Å²) < 4.78 is 55.0. The Labute approximate surface area is 163 Å². The summed E-state index contributed by atoms with van der Waals surface area (Å²) in [5.41, 5.74) is 1.05. The first-order chi connectivity index (χ1) is 12.5. The molecule has 1 aromatic rings. The van der Waals surface area contributed by atoms with Crippen LogP contribution in [0.5, 0.6) is 5.75 Å². The highest BCUT2D eigenvalue weighted by atomic mass is 35.5. The third-order valence-corrected chi connectivity index (χ3v) is 5.37. The molecule has 0 spiro atoms. The largest absolute Gasteiger partial charge is 0.461 e. The molecule has 1 N–H and O–H groups in total. The van der Waals surface area contributed by atoms with Crippen LogP contribution in [0.15, 0.2) is 24.3 Å². The molecule has 2 fully saturated rings. The SMILES string of the molecule is Cl.FC(F)C(F)(F)Oc1ccc([C@H](C2CCCCC2)N2CCNCC2)cc1. The zero-order valence-electron chi connectivity index (χ0n) is 15.2. The van der Waals surface area contributed by atoms with Crippen molar-refractivity contribution in [1.82, 2.24) is 10.2 Å². The van der Waals surface area contributed by atoms with E-state index in [0.717, 1.165) is 44.6 Å². The zero-order valence-corrected chi connectivity index (χ0v) is 16.0. The van der Waals surface area contributed by atoms with Crippen LogP contribution in [-0.2, 0) is 0 Å². The number of nitrogens with one attached hydrogen (secondary N) is 1. The van der Waals surface area contributed by atoms with E-state index in [0.29, 0.717) is 5.92 Å². The van der Waals surface area contributed by atoms with Gasteiger partial charge in [0.05, 0.1) is 0 Å². The van der Waals surface area contributed by atoms with Crippen LogP contribution in [0.3, 0.4) is 0 Å². The minimum absolute atomic E-state index is 0. The molecule has 1 atom stereocenters. The molecule has 0 unspecified atom stereocenters. The lowest BCUT2D eigenvalue weighted by Crippen LogP contribution is -2.47. The van der Waals surface area contributed by atoms with Gasteiger partial charge in [0.25, 0.3) is 0 Å². The lowest BCUT2D eigenvalue weighted by molar-refractivity contribution is -0.253. The molecule has 1 aliphatic carbocycles. The highest BCUT2D eigenvalue weighted by Crippen LogP contribution is 2.39. The van der Waals surface area contributed by atoms with Gasteiger partial charge in [-0.05, 0) is 36.5 Å². The summed E-state index contributed by atoms with van der Waals surface area (Å²) in [7, 11) is 0. The fourth-order valence-corrected chi connectivity index (χ4v) is 4.13. The van der Waals surface area contributed by atoms with Gasteiger partial charge in [0.1, 0.15) is 5.75 Å². The highest BCUT2D eigenvalue weighted by molar-refractivity contribution is 5.85. The van der Waals surface area contributed by atoms with Crippen LogP contribution in [-0.4, -0.2) is 43.6 Å². The van der Waals surface area contributed by atoms with Crippen molar-refractivity contribution in [1.29, 1.82) is 0 Å². The number of halogens is 5. The minimum Gasteiger partial charge on any atom is -0.428 e. The molecule has 0 bridgehead atoms. The van der Waals surface area contributed by atoms with E-state index < -0.39 is 12.5 Å². The molecule has 8 heteroatoms. The van der Waals surface area contributed by atoms with Gasteiger partial charge in [-0.15, -0.1) is 12.4 Å². The van der Waals surface area contributed by atoms with E-state index in [4.69, 9.17) is 0 Å². The molecule has 0 radical (unpaired) electrons. The van der Waals surface area contributed by atoms with Crippen molar-refractivity contribution in [2.75, 3.05) is 26.2 Å². The summed E-state index contributed by atoms with van der Waals surface area (Å²) in [6.45, 7) is 3.77. The average Bonchev–Trinajstić information content (AvgIpc) is 2.65. The summed E-state index contributed by atoms with van der Waals surface area (Å²) >= 11 is 0. The van der Waals surface area contributed by atoms with E-state index in [1.165, 1.54) is 31.4 Å². The van der Waals surface area contributed by atoms with Crippen molar-refractivity contribution < 1.29 is 22.3 Å². The van der Waals surface area contributed by atoms with Crippen LogP contribution in [0.1, 0.15) is 43.7 Å². The number of benzene rings is 1. The number of hydrogen-bond acceptors (Lipinski definition) is 3. The third kappa shape index (κ3) is 5.72. The summed E-state index contributed by atoms with van der Waals surface area (Å²) in [5.74, 6) is 0.304. The molecule has 27 heavy (non-hydrogen) atoms. The Morgan fingerprint density at radius 3 is 2.15 bits per heavy atom. The summed E-state index contributed by atoms with van der Waals surface area (Å²) in [5, 5.41) is 3.35.